The van der Waals surface area contributed by atoms with Gasteiger partial charge in [-0.1, -0.05) is 6.07 Å². The van der Waals surface area contributed by atoms with E-state index in [0.717, 1.165) is 12.1 Å². The SMILES string of the molecule is N[C@H](Cc1ccc(F)c([N+](=O)[O-])c1)C(=O)O. The second-order valence-electron chi connectivity index (χ2n) is 3.19. The minimum absolute atomic E-state index is 0.0869. The second-order valence-corrected chi connectivity index (χ2v) is 3.19. The Kier molecular flexibility index (Phi) is 3.51. The third-order valence-corrected chi connectivity index (χ3v) is 1.98. The minimum atomic E-state index is -1.22. The quantitative estimate of drug-likeness (QED) is 0.582. The summed E-state index contributed by atoms with van der Waals surface area (Å²) in [5.41, 5.74) is 4.87. The first kappa shape index (κ1) is 12.1. The molecule has 0 amide bonds. The monoisotopic (exact) mass is 228 g/mol. The Morgan fingerprint density at radius 1 is 1.62 bits per heavy atom. The highest BCUT2D eigenvalue weighted by Crippen LogP contribution is 2.19. The zero-order valence-electron chi connectivity index (χ0n) is 8.09. The smallest absolute Gasteiger partial charge is 0.320 e. The van der Waals surface area contributed by atoms with Crippen LogP contribution in [0.15, 0.2) is 18.2 Å². The molecule has 6 nitrogen and oxygen atoms in total. The van der Waals surface area contributed by atoms with Crippen molar-refractivity contribution in [3.05, 3.63) is 39.7 Å². The third-order valence-electron chi connectivity index (χ3n) is 1.98. The maximum absolute atomic E-state index is 12.9. The summed E-state index contributed by atoms with van der Waals surface area (Å²) in [5.74, 6) is -2.18. The van der Waals surface area contributed by atoms with E-state index >= 15 is 0 Å². The molecule has 0 bridgehead atoms. The largest absolute Gasteiger partial charge is 0.480 e. The van der Waals surface area contributed by atoms with E-state index in [9.17, 15) is 19.3 Å². The van der Waals surface area contributed by atoms with E-state index in [2.05, 4.69) is 0 Å². The summed E-state index contributed by atoms with van der Waals surface area (Å²) in [6.07, 6.45) is -0.0869. The van der Waals surface area contributed by atoms with E-state index in [0.29, 0.717) is 5.56 Å². The van der Waals surface area contributed by atoms with Crippen LogP contribution >= 0.6 is 0 Å². The number of nitrogens with two attached hydrogens (primary N) is 1. The molecular weight excluding hydrogens is 219 g/mol. The van der Waals surface area contributed by atoms with Gasteiger partial charge >= 0.3 is 11.7 Å². The van der Waals surface area contributed by atoms with Crippen molar-refractivity contribution in [1.29, 1.82) is 0 Å². The molecule has 86 valence electrons. The lowest BCUT2D eigenvalue weighted by atomic mass is 10.1. The molecule has 16 heavy (non-hydrogen) atoms. The normalized spacial score (nSPS) is 12.1. The molecule has 0 aromatic heterocycles. The number of aliphatic carboxylic acids is 1. The molecular formula is C9H9FN2O4. The molecule has 1 atom stereocenters. The highest BCUT2D eigenvalue weighted by atomic mass is 19.1. The van der Waals surface area contributed by atoms with Crippen LogP contribution in [0.1, 0.15) is 5.56 Å². The van der Waals surface area contributed by atoms with Crippen LogP contribution in [0, 0.1) is 15.9 Å². The van der Waals surface area contributed by atoms with Crippen molar-refractivity contribution in [2.24, 2.45) is 5.73 Å². The third kappa shape index (κ3) is 2.74. The summed E-state index contributed by atoms with van der Waals surface area (Å²) in [5, 5.41) is 19.0. The molecule has 0 aliphatic heterocycles. The van der Waals surface area contributed by atoms with E-state index in [-0.39, 0.29) is 6.42 Å². The maximum atomic E-state index is 12.9. The standard InChI is InChI=1S/C9H9FN2O4/c10-6-2-1-5(3-7(11)9(13)14)4-8(6)12(15)16/h1-2,4,7H,3,11H2,(H,13,14)/t7-/m1/s1. The van der Waals surface area contributed by atoms with Gasteiger partial charge in [-0.15, -0.1) is 0 Å². The molecule has 0 saturated carbocycles. The predicted octanol–water partition coefficient (Wildman–Crippen LogP) is 0.688. The van der Waals surface area contributed by atoms with E-state index in [1.54, 1.807) is 0 Å². The van der Waals surface area contributed by atoms with E-state index < -0.39 is 28.4 Å². The first-order valence-electron chi connectivity index (χ1n) is 4.33. The Balaban J connectivity index is 2.95. The molecule has 7 heteroatoms. The average molecular weight is 228 g/mol. The van der Waals surface area contributed by atoms with Gasteiger partial charge in [0.25, 0.3) is 0 Å². The van der Waals surface area contributed by atoms with Gasteiger partial charge in [0.15, 0.2) is 0 Å². The summed E-state index contributed by atoms with van der Waals surface area (Å²) in [7, 11) is 0. The van der Waals surface area contributed by atoms with Gasteiger partial charge in [0.1, 0.15) is 6.04 Å². The van der Waals surface area contributed by atoms with Crippen molar-refractivity contribution < 1.29 is 19.2 Å². The van der Waals surface area contributed by atoms with E-state index in [1.165, 1.54) is 6.07 Å². The number of halogens is 1. The molecule has 0 heterocycles. The number of nitro groups is 1. The highest BCUT2D eigenvalue weighted by molar-refractivity contribution is 5.73. The Morgan fingerprint density at radius 3 is 2.75 bits per heavy atom. The maximum Gasteiger partial charge on any atom is 0.320 e. The Hall–Kier alpha value is -2.02. The highest BCUT2D eigenvalue weighted by Gasteiger charge is 2.17. The Bertz CT molecular complexity index is 436. The molecule has 0 fully saturated rings. The van der Waals surface area contributed by atoms with Gasteiger partial charge in [-0.25, -0.2) is 0 Å². The molecule has 0 spiro atoms. The number of carboxylic acids is 1. The van der Waals surface area contributed by atoms with E-state index in [4.69, 9.17) is 10.8 Å². The molecule has 0 radical (unpaired) electrons. The van der Waals surface area contributed by atoms with Crippen LogP contribution in [0.4, 0.5) is 10.1 Å². The van der Waals surface area contributed by atoms with Crippen LogP contribution in [-0.4, -0.2) is 22.0 Å². The van der Waals surface area contributed by atoms with Crippen LogP contribution in [0.2, 0.25) is 0 Å². The van der Waals surface area contributed by atoms with Gasteiger partial charge in [0.2, 0.25) is 5.82 Å². The first-order valence-corrected chi connectivity index (χ1v) is 4.33. The minimum Gasteiger partial charge on any atom is -0.480 e. The summed E-state index contributed by atoms with van der Waals surface area (Å²) < 4.78 is 12.9. The number of benzene rings is 1. The summed E-state index contributed by atoms with van der Waals surface area (Å²) in [6, 6.07) is 2.01. The fourth-order valence-electron chi connectivity index (χ4n) is 1.17. The van der Waals surface area contributed by atoms with Gasteiger partial charge < -0.3 is 10.8 Å². The van der Waals surface area contributed by atoms with Gasteiger partial charge in [-0.3, -0.25) is 14.9 Å². The van der Waals surface area contributed by atoms with Crippen molar-refractivity contribution >= 4 is 11.7 Å². The topological polar surface area (TPSA) is 106 Å². The summed E-state index contributed by atoms with van der Waals surface area (Å²) in [4.78, 5) is 20.0. The molecule has 0 unspecified atom stereocenters. The van der Waals surface area contributed by atoms with Crippen molar-refractivity contribution in [3.63, 3.8) is 0 Å². The molecule has 0 aliphatic carbocycles. The first-order chi connectivity index (χ1) is 7.41. The Morgan fingerprint density at radius 2 is 2.25 bits per heavy atom. The molecule has 0 aliphatic rings. The zero-order chi connectivity index (χ0) is 12.3. The van der Waals surface area contributed by atoms with Crippen LogP contribution in [0.3, 0.4) is 0 Å². The van der Waals surface area contributed by atoms with Gasteiger partial charge in [0.05, 0.1) is 4.92 Å². The number of nitrogens with zero attached hydrogens (tertiary/aromatic N) is 1. The lowest BCUT2D eigenvalue weighted by Crippen LogP contribution is -2.32. The molecule has 0 saturated heterocycles. The number of hydrogen-bond donors (Lipinski definition) is 2. The van der Waals surface area contributed by atoms with Crippen molar-refractivity contribution in [2.75, 3.05) is 0 Å². The fraction of sp³-hybridized carbons (Fsp3) is 0.222. The summed E-state index contributed by atoms with van der Waals surface area (Å²) >= 11 is 0. The molecule has 1 rings (SSSR count). The second kappa shape index (κ2) is 4.67. The lowest BCUT2D eigenvalue weighted by molar-refractivity contribution is -0.387. The zero-order valence-corrected chi connectivity index (χ0v) is 8.09. The number of hydrogen-bond acceptors (Lipinski definition) is 4. The summed E-state index contributed by atoms with van der Waals surface area (Å²) in [6.45, 7) is 0. The number of nitro benzene ring substituents is 1. The lowest BCUT2D eigenvalue weighted by Gasteiger charge is -2.06. The van der Waals surface area contributed by atoms with E-state index in [1.807, 2.05) is 0 Å². The van der Waals surface area contributed by atoms with Crippen LogP contribution in [-0.2, 0) is 11.2 Å². The Labute approximate surface area is 89.6 Å². The van der Waals surface area contributed by atoms with Crippen LogP contribution in [0.5, 0.6) is 0 Å². The number of carboxylic acid groups (broad SMARTS) is 1. The van der Waals surface area contributed by atoms with Crippen LogP contribution in [0.25, 0.3) is 0 Å². The number of carbonyl (C=O) groups is 1. The predicted molar refractivity (Wildman–Crippen MR) is 52.4 cm³/mol. The van der Waals surface area contributed by atoms with Crippen molar-refractivity contribution in [2.45, 2.75) is 12.5 Å². The van der Waals surface area contributed by atoms with Crippen molar-refractivity contribution in [3.8, 4) is 0 Å². The van der Waals surface area contributed by atoms with Gasteiger partial charge in [-0.05, 0) is 18.1 Å². The molecule has 1 aromatic carbocycles. The van der Waals surface area contributed by atoms with Crippen LogP contribution < -0.4 is 5.73 Å². The van der Waals surface area contributed by atoms with Crippen molar-refractivity contribution in [1.82, 2.24) is 0 Å². The fourth-order valence-corrected chi connectivity index (χ4v) is 1.17. The average Bonchev–Trinajstić information content (AvgIpc) is 2.20. The molecule has 3 N–H and O–H groups in total. The van der Waals surface area contributed by atoms with Gasteiger partial charge in [-0.2, -0.15) is 4.39 Å². The number of rotatable bonds is 4. The van der Waals surface area contributed by atoms with Gasteiger partial charge in [0, 0.05) is 6.07 Å². The molecule has 1 aromatic rings.